The summed E-state index contributed by atoms with van der Waals surface area (Å²) in [6, 6.07) is 24.0. The van der Waals surface area contributed by atoms with Crippen LogP contribution in [0, 0.1) is 11.3 Å². The molecule has 0 heterocycles. The number of rotatable bonds is 7. The lowest BCUT2D eigenvalue weighted by Gasteiger charge is -2.07. The van der Waals surface area contributed by atoms with Crippen molar-refractivity contribution < 1.29 is 17.9 Å². The summed E-state index contributed by atoms with van der Waals surface area (Å²) >= 11 is 0. The number of amides is 1. The lowest BCUT2D eigenvalue weighted by atomic mass is 10.1. The molecule has 31 heavy (non-hydrogen) atoms. The summed E-state index contributed by atoms with van der Waals surface area (Å²) in [6.07, 6.45) is 1.45. The first kappa shape index (κ1) is 21.8. The van der Waals surface area contributed by atoms with Gasteiger partial charge in [-0.1, -0.05) is 42.5 Å². The molecule has 0 aliphatic rings. The Morgan fingerprint density at radius 2 is 1.65 bits per heavy atom. The number of nitrogens with one attached hydrogen (secondary N) is 1. The summed E-state index contributed by atoms with van der Waals surface area (Å²) in [5.41, 5.74) is 1.94. The molecule has 0 saturated carbocycles. The number of primary sulfonamides is 1. The van der Waals surface area contributed by atoms with Crippen LogP contribution in [0.5, 0.6) is 5.75 Å². The average Bonchev–Trinajstić information content (AvgIpc) is 2.77. The molecule has 0 fully saturated rings. The molecule has 0 atom stereocenters. The molecule has 3 N–H and O–H groups in total. The summed E-state index contributed by atoms with van der Waals surface area (Å²) in [5, 5.41) is 17.0. The number of hydrogen-bond acceptors (Lipinski definition) is 5. The van der Waals surface area contributed by atoms with E-state index in [9.17, 15) is 18.5 Å². The van der Waals surface area contributed by atoms with Crippen LogP contribution in [0.4, 0.5) is 5.69 Å². The predicted octanol–water partition coefficient (Wildman–Crippen LogP) is 3.46. The topological polar surface area (TPSA) is 122 Å². The van der Waals surface area contributed by atoms with Crippen LogP contribution in [0.1, 0.15) is 11.1 Å². The van der Waals surface area contributed by atoms with Gasteiger partial charge in [-0.25, -0.2) is 13.6 Å². The van der Waals surface area contributed by atoms with Crippen LogP contribution in [0.3, 0.4) is 0 Å². The molecule has 3 rings (SSSR count). The number of ether oxygens (including phenoxy) is 1. The second-order valence-electron chi connectivity index (χ2n) is 6.54. The largest absolute Gasteiger partial charge is 0.489 e. The molecule has 0 radical (unpaired) electrons. The molecule has 1 amide bonds. The molecule has 3 aromatic carbocycles. The highest BCUT2D eigenvalue weighted by atomic mass is 32.2. The third kappa shape index (κ3) is 6.27. The van der Waals surface area contributed by atoms with Crippen molar-refractivity contribution in [2.75, 3.05) is 5.32 Å². The zero-order valence-corrected chi connectivity index (χ0v) is 17.2. The number of nitriles is 1. The minimum Gasteiger partial charge on any atom is -0.489 e. The third-order valence-corrected chi connectivity index (χ3v) is 5.17. The summed E-state index contributed by atoms with van der Waals surface area (Å²) in [6.45, 7) is 0.437. The number of anilines is 1. The molecular formula is C23H19N3O4S. The fourth-order valence-electron chi connectivity index (χ4n) is 2.64. The SMILES string of the molecule is N#C/C(=C/c1ccc(OCc2ccccc2)cc1)C(=O)Nc1ccc(S(N)(=O)=O)cc1. The molecule has 0 aromatic heterocycles. The molecule has 8 heteroatoms. The van der Waals surface area contributed by atoms with E-state index >= 15 is 0 Å². The maximum atomic E-state index is 12.4. The molecule has 7 nitrogen and oxygen atoms in total. The van der Waals surface area contributed by atoms with Gasteiger partial charge < -0.3 is 10.1 Å². The smallest absolute Gasteiger partial charge is 0.266 e. The van der Waals surface area contributed by atoms with Gasteiger partial charge in [0.1, 0.15) is 24.0 Å². The molecule has 3 aromatic rings. The maximum absolute atomic E-state index is 12.4. The molecule has 0 saturated heterocycles. The van der Waals surface area contributed by atoms with E-state index < -0.39 is 15.9 Å². The van der Waals surface area contributed by atoms with E-state index in [0.717, 1.165) is 5.56 Å². The first-order valence-corrected chi connectivity index (χ1v) is 10.7. The van der Waals surface area contributed by atoms with Crippen LogP contribution in [0.15, 0.2) is 89.3 Å². The molecule has 0 spiro atoms. The van der Waals surface area contributed by atoms with Crippen LogP contribution >= 0.6 is 0 Å². The van der Waals surface area contributed by atoms with Crippen molar-refractivity contribution in [1.82, 2.24) is 0 Å². The first-order valence-electron chi connectivity index (χ1n) is 9.18. The monoisotopic (exact) mass is 433 g/mol. The highest BCUT2D eigenvalue weighted by Crippen LogP contribution is 2.18. The lowest BCUT2D eigenvalue weighted by Crippen LogP contribution is -2.14. The first-order chi connectivity index (χ1) is 14.8. The second-order valence-corrected chi connectivity index (χ2v) is 8.10. The molecule has 0 aliphatic carbocycles. The van der Waals surface area contributed by atoms with Crippen LogP contribution in [0.25, 0.3) is 6.08 Å². The van der Waals surface area contributed by atoms with E-state index in [-0.39, 0.29) is 10.5 Å². The van der Waals surface area contributed by atoms with Gasteiger partial charge in [-0.15, -0.1) is 0 Å². The zero-order valence-electron chi connectivity index (χ0n) is 16.4. The van der Waals surface area contributed by atoms with Gasteiger partial charge in [0.15, 0.2) is 0 Å². The van der Waals surface area contributed by atoms with Gasteiger partial charge in [0.05, 0.1) is 4.90 Å². The summed E-state index contributed by atoms with van der Waals surface area (Å²) in [7, 11) is -3.82. The number of carbonyl (C=O) groups excluding carboxylic acids is 1. The van der Waals surface area contributed by atoms with Crippen molar-refractivity contribution in [3.8, 4) is 11.8 Å². The highest BCUT2D eigenvalue weighted by Gasteiger charge is 2.11. The average molecular weight is 433 g/mol. The lowest BCUT2D eigenvalue weighted by molar-refractivity contribution is -0.112. The Kier molecular flexibility index (Phi) is 6.82. The van der Waals surface area contributed by atoms with E-state index in [4.69, 9.17) is 9.88 Å². The Balaban J connectivity index is 1.65. The highest BCUT2D eigenvalue weighted by molar-refractivity contribution is 7.89. The van der Waals surface area contributed by atoms with Gasteiger partial charge >= 0.3 is 0 Å². The number of nitrogens with zero attached hydrogens (tertiary/aromatic N) is 1. The van der Waals surface area contributed by atoms with Crippen molar-refractivity contribution in [2.45, 2.75) is 11.5 Å². The summed E-state index contributed by atoms with van der Waals surface area (Å²) < 4.78 is 28.3. The second kappa shape index (κ2) is 9.71. The minimum absolute atomic E-state index is 0.0730. The third-order valence-electron chi connectivity index (χ3n) is 4.25. The number of sulfonamides is 1. The molecule has 156 valence electrons. The van der Waals surface area contributed by atoms with Gasteiger partial charge in [0.2, 0.25) is 10.0 Å². The molecule has 0 bridgehead atoms. The fourth-order valence-corrected chi connectivity index (χ4v) is 3.16. The van der Waals surface area contributed by atoms with E-state index in [2.05, 4.69) is 5.32 Å². The normalized spacial score (nSPS) is 11.4. The molecule has 0 aliphatic heterocycles. The van der Waals surface area contributed by atoms with Crippen molar-refractivity contribution in [3.63, 3.8) is 0 Å². The van der Waals surface area contributed by atoms with Gasteiger partial charge in [-0.3, -0.25) is 4.79 Å². The number of hydrogen-bond donors (Lipinski definition) is 2. The number of nitrogens with two attached hydrogens (primary N) is 1. The molecule has 0 unspecified atom stereocenters. The van der Waals surface area contributed by atoms with Crippen LogP contribution in [-0.4, -0.2) is 14.3 Å². The van der Waals surface area contributed by atoms with Crippen LogP contribution in [-0.2, 0) is 21.4 Å². The van der Waals surface area contributed by atoms with Crippen molar-refractivity contribution in [1.29, 1.82) is 5.26 Å². The fraction of sp³-hybridized carbons (Fsp3) is 0.0435. The zero-order chi connectivity index (χ0) is 22.3. The van der Waals surface area contributed by atoms with E-state index in [0.29, 0.717) is 23.6 Å². The predicted molar refractivity (Wildman–Crippen MR) is 117 cm³/mol. The number of benzene rings is 3. The van der Waals surface area contributed by atoms with E-state index in [1.54, 1.807) is 24.3 Å². The Labute approximate surface area is 180 Å². The summed E-state index contributed by atoms with van der Waals surface area (Å²) in [5.74, 6) is 0.0502. The molecular weight excluding hydrogens is 414 g/mol. The van der Waals surface area contributed by atoms with Gasteiger partial charge in [-0.05, 0) is 53.6 Å². The minimum atomic E-state index is -3.82. The van der Waals surface area contributed by atoms with E-state index in [1.165, 1.54) is 30.3 Å². The van der Waals surface area contributed by atoms with E-state index in [1.807, 2.05) is 36.4 Å². The van der Waals surface area contributed by atoms with Crippen molar-refractivity contribution in [2.24, 2.45) is 5.14 Å². The Hall–Kier alpha value is -3.93. The maximum Gasteiger partial charge on any atom is 0.266 e. The Morgan fingerprint density at radius 3 is 2.23 bits per heavy atom. The Morgan fingerprint density at radius 1 is 1.00 bits per heavy atom. The standard InChI is InChI=1S/C23H19N3O4S/c24-15-19(23(27)26-20-8-12-22(13-9-20)31(25,28)29)14-17-6-10-21(11-7-17)30-16-18-4-2-1-3-5-18/h1-14H,16H2,(H,26,27)(H2,25,28,29)/b19-14-. The van der Waals surface area contributed by atoms with Crippen LogP contribution < -0.4 is 15.2 Å². The van der Waals surface area contributed by atoms with Gasteiger partial charge in [0, 0.05) is 5.69 Å². The Bertz CT molecular complexity index is 1230. The van der Waals surface area contributed by atoms with Crippen LogP contribution in [0.2, 0.25) is 0 Å². The quantitative estimate of drug-likeness (QED) is 0.436. The van der Waals surface area contributed by atoms with Gasteiger partial charge in [0.25, 0.3) is 5.91 Å². The van der Waals surface area contributed by atoms with Crippen molar-refractivity contribution >= 4 is 27.7 Å². The van der Waals surface area contributed by atoms with Crippen molar-refractivity contribution in [3.05, 3.63) is 95.6 Å². The summed E-state index contributed by atoms with van der Waals surface area (Å²) in [4.78, 5) is 12.3. The number of carbonyl (C=O) groups is 1. The van der Waals surface area contributed by atoms with Gasteiger partial charge in [-0.2, -0.15) is 5.26 Å².